The van der Waals surface area contributed by atoms with Crippen LogP contribution in [-0.2, 0) is 17.6 Å². The number of aromatic nitrogens is 2. The van der Waals surface area contributed by atoms with Crippen LogP contribution in [0.1, 0.15) is 25.1 Å². The van der Waals surface area contributed by atoms with Crippen molar-refractivity contribution in [3.8, 4) is 0 Å². The third-order valence-electron chi connectivity index (χ3n) is 2.49. The molecule has 0 radical (unpaired) electrons. The van der Waals surface area contributed by atoms with Crippen LogP contribution < -0.4 is 10.6 Å². The molecule has 88 valence electrons. The van der Waals surface area contributed by atoms with Gasteiger partial charge in [-0.1, -0.05) is 12.1 Å². The molecule has 1 aliphatic rings. The van der Waals surface area contributed by atoms with Crippen LogP contribution in [0.5, 0.6) is 0 Å². The molecule has 1 saturated heterocycles. The summed E-state index contributed by atoms with van der Waals surface area (Å²) in [6.45, 7) is 3.53. The molecule has 6 heteroatoms. The first-order valence-electron chi connectivity index (χ1n) is 5.62. The maximum absolute atomic E-state index is 11.5. The van der Waals surface area contributed by atoms with Crippen LogP contribution in [0.2, 0.25) is 0 Å². The minimum atomic E-state index is -0.247. The van der Waals surface area contributed by atoms with E-state index in [2.05, 4.69) is 27.7 Å². The minimum Gasteiger partial charge on any atom is -0.353 e. The Morgan fingerprint density at radius 3 is 3.12 bits per heavy atom. The molecule has 1 aliphatic heterocycles. The van der Waals surface area contributed by atoms with Gasteiger partial charge in [0.15, 0.2) is 5.82 Å². The number of nitrogens with one attached hydrogen (secondary N) is 2. The SMILES string of the molecule is CCCc1noc(CC2NCCNC2=O)n1. The van der Waals surface area contributed by atoms with E-state index in [-0.39, 0.29) is 11.9 Å². The number of amides is 1. The highest BCUT2D eigenvalue weighted by Crippen LogP contribution is 2.04. The molecule has 1 atom stereocenters. The maximum Gasteiger partial charge on any atom is 0.237 e. The molecular formula is C10H16N4O2. The summed E-state index contributed by atoms with van der Waals surface area (Å²) in [5, 5.41) is 9.76. The number of nitrogens with zero attached hydrogens (tertiary/aromatic N) is 2. The number of aryl methyl sites for hydroxylation is 1. The van der Waals surface area contributed by atoms with E-state index in [0.717, 1.165) is 19.4 Å². The number of hydrogen-bond acceptors (Lipinski definition) is 5. The first kappa shape index (κ1) is 11.1. The van der Waals surface area contributed by atoms with Crippen molar-refractivity contribution in [1.82, 2.24) is 20.8 Å². The Balaban J connectivity index is 1.94. The van der Waals surface area contributed by atoms with Gasteiger partial charge in [-0.3, -0.25) is 4.79 Å². The molecular weight excluding hydrogens is 208 g/mol. The van der Waals surface area contributed by atoms with Crippen LogP contribution in [0.4, 0.5) is 0 Å². The van der Waals surface area contributed by atoms with E-state index in [1.165, 1.54) is 0 Å². The van der Waals surface area contributed by atoms with E-state index >= 15 is 0 Å². The van der Waals surface area contributed by atoms with Crippen LogP contribution in [0.25, 0.3) is 0 Å². The Labute approximate surface area is 93.8 Å². The largest absolute Gasteiger partial charge is 0.353 e. The van der Waals surface area contributed by atoms with Crippen molar-refractivity contribution in [1.29, 1.82) is 0 Å². The highest BCUT2D eigenvalue weighted by atomic mass is 16.5. The maximum atomic E-state index is 11.5. The van der Waals surface area contributed by atoms with Gasteiger partial charge in [-0.05, 0) is 6.42 Å². The van der Waals surface area contributed by atoms with Crippen molar-refractivity contribution in [2.45, 2.75) is 32.2 Å². The number of carbonyl (C=O) groups excluding carboxylic acids is 1. The molecule has 6 nitrogen and oxygen atoms in total. The summed E-state index contributed by atoms with van der Waals surface area (Å²) in [6.07, 6.45) is 2.26. The topological polar surface area (TPSA) is 80.0 Å². The predicted molar refractivity (Wildman–Crippen MR) is 56.8 cm³/mol. The molecule has 1 unspecified atom stereocenters. The number of rotatable bonds is 4. The fourth-order valence-electron chi connectivity index (χ4n) is 1.69. The predicted octanol–water partition coefficient (Wildman–Crippen LogP) is -0.347. The third-order valence-corrected chi connectivity index (χ3v) is 2.49. The molecule has 1 fully saturated rings. The Bertz CT molecular complexity index is 363. The second kappa shape index (κ2) is 5.07. The zero-order valence-electron chi connectivity index (χ0n) is 9.32. The average Bonchev–Trinajstić information content (AvgIpc) is 2.70. The summed E-state index contributed by atoms with van der Waals surface area (Å²) in [5.74, 6) is 1.24. The molecule has 0 aliphatic carbocycles. The Kier molecular flexibility index (Phi) is 3.51. The molecule has 2 N–H and O–H groups in total. The number of carbonyl (C=O) groups is 1. The van der Waals surface area contributed by atoms with Gasteiger partial charge in [-0.25, -0.2) is 0 Å². The van der Waals surface area contributed by atoms with Gasteiger partial charge in [-0.2, -0.15) is 4.98 Å². The van der Waals surface area contributed by atoms with Gasteiger partial charge in [-0.15, -0.1) is 0 Å². The van der Waals surface area contributed by atoms with Crippen molar-refractivity contribution in [2.75, 3.05) is 13.1 Å². The summed E-state index contributed by atoms with van der Waals surface area (Å²) in [4.78, 5) is 15.7. The summed E-state index contributed by atoms with van der Waals surface area (Å²) in [7, 11) is 0. The zero-order valence-corrected chi connectivity index (χ0v) is 9.32. The third kappa shape index (κ3) is 2.57. The van der Waals surface area contributed by atoms with Crippen LogP contribution in [0.15, 0.2) is 4.52 Å². The monoisotopic (exact) mass is 224 g/mol. The van der Waals surface area contributed by atoms with Gasteiger partial charge in [0.2, 0.25) is 11.8 Å². The van der Waals surface area contributed by atoms with Gasteiger partial charge >= 0.3 is 0 Å². The summed E-state index contributed by atoms with van der Waals surface area (Å²) in [5.41, 5.74) is 0. The van der Waals surface area contributed by atoms with Crippen molar-refractivity contribution < 1.29 is 9.32 Å². The van der Waals surface area contributed by atoms with Gasteiger partial charge < -0.3 is 15.2 Å². The summed E-state index contributed by atoms with van der Waals surface area (Å²) < 4.78 is 5.09. The summed E-state index contributed by atoms with van der Waals surface area (Å²) in [6, 6.07) is -0.247. The molecule has 2 rings (SSSR count). The first-order chi connectivity index (χ1) is 7.79. The quantitative estimate of drug-likeness (QED) is 0.731. The smallest absolute Gasteiger partial charge is 0.237 e. The second-order valence-corrected chi connectivity index (χ2v) is 3.86. The Morgan fingerprint density at radius 1 is 1.50 bits per heavy atom. The first-order valence-corrected chi connectivity index (χ1v) is 5.62. The van der Waals surface area contributed by atoms with Crippen molar-refractivity contribution in [2.24, 2.45) is 0 Å². The zero-order chi connectivity index (χ0) is 11.4. The second-order valence-electron chi connectivity index (χ2n) is 3.86. The molecule has 0 saturated carbocycles. The lowest BCUT2D eigenvalue weighted by Gasteiger charge is -2.21. The van der Waals surface area contributed by atoms with Crippen molar-refractivity contribution in [3.05, 3.63) is 11.7 Å². The van der Waals surface area contributed by atoms with E-state index in [1.807, 2.05) is 0 Å². The van der Waals surface area contributed by atoms with E-state index in [1.54, 1.807) is 0 Å². The molecule has 16 heavy (non-hydrogen) atoms. The highest BCUT2D eigenvalue weighted by molar-refractivity contribution is 5.82. The fourth-order valence-corrected chi connectivity index (χ4v) is 1.69. The van der Waals surface area contributed by atoms with E-state index in [0.29, 0.717) is 24.7 Å². The molecule has 0 bridgehead atoms. The van der Waals surface area contributed by atoms with E-state index in [9.17, 15) is 4.79 Å². The van der Waals surface area contributed by atoms with Gasteiger partial charge in [0.1, 0.15) is 0 Å². The van der Waals surface area contributed by atoms with E-state index in [4.69, 9.17) is 4.52 Å². The van der Waals surface area contributed by atoms with Crippen LogP contribution in [0.3, 0.4) is 0 Å². The molecule has 0 aromatic carbocycles. The van der Waals surface area contributed by atoms with Gasteiger partial charge in [0.25, 0.3) is 0 Å². The molecule has 1 amide bonds. The molecule has 1 aromatic rings. The van der Waals surface area contributed by atoms with Crippen molar-refractivity contribution >= 4 is 5.91 Å². The molecule has 0 spiro atoms. The average molecular weight is 224 g/mol. The molecule has 2 heterocycles. The fraction of sp³-hybridized carbons (Fsp3) is 0.700. The van der Waals surface area contributed by atoms with Crippen molar-refractivity contribution in [3.63, 3.8) is 0 Å². The Hall–Kier alpha value is -1.43. The lowest BCUT2D eigenvalue weighted by molar-refractivity contribution is -0.124. The minimum absolute atomic E-state index is 0.00138. The number of hydrogen-bond donors (Lipinski definition) is 2. The van der Waals surface area contributed by atoms with Crippen LogP contribution in [0, 0.1) is 0 Å². The lowest BCUT2D eigenvalue weighted by atomic mass is 10.1. The lowest BCUT2D eigenvalue weighted by Crippen LogP contribution is -2.53. The standard InChI is InChI=1S/C10H16N4O2/c1-2-3-8-13-9(16-14-8)6-7-10(15)12-5-4-11-7/h7,11H,2-6H2,1H3,(H,12,15). The van der Waals surface area contributed by atoms with Gasteiger partial charge in [0.05, 0.1) is 12.5 Å². The normalized spacial score (nSPS) is 20.8. The highest BCUT2D eigenvalue weighted by Gasteiger charge is 2.23. The van der Waals surface area contributed by atoms with E-state index < -0.39 is 0 Å². The Morgan fingerprint density at radius 2 is 2.38 bits per heavy atom. The van der Waals surface area contributed by atoms with Crippen LogP contribution >= 0.6 is 0 Å². The van der Waals surface area contributed by atoms with Crippen LogP contribution in [-0.4, -0.2) is 35.2 Å². The van der Waals surface area contributed by atoms with Gasteiger partial charge in [0, 0.05) is 19.5 Å². The molecule has 1 aromatic heterocycles. The number of piperazine rings is 1. The summed E-state index contributed by atoms with van der Waals surface area (Å²) >= 11 is 0.